The fourth-order valence-corrected chi connectivity index (χ4v) is 1.52. The van der Waals surface area contributed by atoms with E-state index in [1.54, 1.807) is 12.1 Å². The Bertz CT molecular complexity index is 356. The van der Waals surface area contributed by atoms with Crippen molar-refractivity contribution in [3.8, 4) is 5.75 Å². The number of methoxy groups -OCH3 is 1. The molecule has 0 saturated carbocycles. The molecule has 0 aromatic heterocycles. The van der Waals surface area contributed by atoms with Gasteiger partial charge in [-0.05, 0) is 12.1 Å². The maximum absolute atomic E-state index is 10.7. The molecular formula is C11H12O4. The zero-order valence-electron chi connectivity index (χ0n) is 8.43. The van der Waals surface area contributed by atoms with Gasteiger partial charge < -0.3 is 14.2 Å². The average molecular weight is 208 g/mol. The van der Waals surface area contributed by atoms with Gasteiger partial charge in [-0.2, -0.15) is 0 Å². The van der Waals surface area contributed by atoms with Gasteiger partial charge in [0.05, 0.1) is 25.9 Å². The van der Waals surface area contributed by atoms with Crippen molar-refractivity contribution in [2.45, 2.75) is 6.29 Å². The maximum Gasteiger partial charge on any atom is 0.184 e. The predicted octanol–water partition coefficient (Wildman–Crippen LogP) is 1.55. The molecular weight excluding hydrogens is 196 g/mol. The monoisotopic (exact) mass is 208 g/mol. The molecule has 0 spiro atoms. The summed E-state index contributed by atoms with van der Waals surface area (Å²) in [6.45, 7) is 1.20. The largest absolute Gasteiger partial charge is 0.496 e. The highest BCUT2D eigenvalue weighted by Gasteiger charge is 2.19. The van der Waals surface area contributed by atoms with Gasteiger partial charge in [-0.3, -0.25) is 4.79 Å². The lowest BCUT2D eigenvalue weighted by Crippen LogP contribution is -2.00. The first-order valence-electron chi connectivity index (χ1n) is 4.71. The van der Waals surface area contributed by atoms with E-state index in [0.29, 0.717) is 24.5 Å². The van der Waals surface area contributed by atoms with Crippen LogP contribution in [0.1, 0.15) is 22.2 Å². The van der Waals surface area contributed by atoms with Crippen LogP contribution in [0.15, 0.2) is 18.2 Å². The Hall–Kier alpha value is -1.39. The fraction of sp³-hybridized carbons (Fsp3) is 0.364. The molecule has 1 aromatic rings. The molecule has 1 aliphatic rings. The maximum atomic E-state index is 10.7. The van der Waals surface area contributed by atoms with Crippen LogP contribution in [0.5, 0.6) is 5.75 Å². The van der Waals surface area contributed by atoms with E-state index >= 15 is 0 Å². The van der Waals surface area contributed by atoms with E-state index in [-0.39, 0.29) is 6.29 Å². The summed E-state index contributed by atoms with van der Waals surface area (Å²) in [7, 11) is 1.53. The predicted molar refractivity (Wildman–Crippen MR) is 53.0 cm³/mol. The number of rotatable bonds is 3. The van der Waals surface area contributed by atoms with Crippen molar-refractivity contribution in [2.75, 3.05) is 20.3 Å². The van der Waals surface area contributed by atoms with E-state index in [9.17, 15) is 4.79 Å². The van der Waals surface area contributed by atoms with Gasteiger partial charge in [0.25, 0.3) is 0 Å². The molecule has 4 heteroatoms. The molecule has 4 nitrogen and oxygen atoms in total. The van der Waals surface area contributed by atoms with Crippen LogP contribution in [-0.2, 0) is 9.47 Å². The first-order valence-corrected chi connectivity index (χ1v) is 4.71. The molecule has 15 heavy (non-hydrogen) atoms. The van der Waals surface area contributed by atoms with Crippen molar-refractivity contribution in [3.05, 3.63) is 29.3 Å². The third-order valence-electron chi connectivity index (χ3n) is 2.28. The van der Waals surface area contributed by atoms with Crippen molar-refractivity contribution in [1.82, 2.24) is 0 Å². The molecule has 0 atom stereocenters. The van der Waals surface area contributed by atoms with Gasteiger partial charge in [-0.25, -0.2) is 0 Å². The molecule has 0 radical (unpaired) electrons. The van der Waals surface area contributed by atoms with Crippen LogP contribution >= 0.6 is 0 Å². The highest BCUT2D eigenvalue weighted by molar-refractivity contribution is 5.79. The molecule has 0 N–H and O–H groups in total. The Morgan fingerprint density at radius 3 is 2.73 bits per heavy atom. The molecule has 0 unspecified atom stereocenters. The molecule has 80 valence electrons. The second-order valence-corrected chi connectivity index (χ2v) is 3.19. The lowest BCUT2D eigenvalue weighted by atomic mass is 10.1. The number of ether oxygens (including phenoxy) is 3. The average Bonchev–Trinajstić information content (AvgIpc) is 2.81. The van der Waals surface area contributed by atoms with Gasteiger partial charge in [0, 0.05) is 5.56 Å². The zero-order valence-corrected chi connectivity index (χ0v) is 8.43. The third-order valence-corrected chi connectivity index (χ3v) is 2.28. The number of hydrogen-bond donors (Lipinski definition) is 0. The first kappa shape index (κ1) is 10.1. The summed E-state index contributed by atoms with van der Waals surface area (Å²) < 4.78 is 15.8. The Morgan fingerprint density at radius 1 is 1.40 bits per heavy atom. The van der Waals surface area contributed by atoms with E-state index in [0.717, 1.165) is 11.8 Å². The summed E-state index contributed by atoms with van der Waals surface area (Å²) in [4.78, 5) is 10.7. The van der Waals surface area contributed by atoms with Crippen LogP contribution in [0.4, 0.5) is 0 Å². The lowest BCUT2D eigenvalue weighted by molar-refractivity contribution is -0.0442. The minimum atomic E-state index is -0.334. The summed E-state index contributed by atoms with van der Waals surface area (Å²) in [5, 5.41) is 0. The third kappa shape index (κ3) is 2.00. The molecule has 0 aliphatic carbocycles. The van der Waals surface area contributed by atoms with E-state index in [4.69, 9.17) is 14.2 Å². The number of carbonyl (C=O) groups is 1. The second kappa shape index (κ2) is 4.42. The van der Waals surface area contributed by atoms with Crippen LogP contribution in [0, 0.1) is 0 Å². The van der Waals surface area contributed by atoms with E-state index in [1.165, 1.54) is 7.11 Å². The van der Waals surface area contributed by atoms with Crippen molar-refractivity contribution >= 4 is 6.29 Å². The molecule has 1 fully saturated rings. The van der Waals surface area contributed by atoms with Crippen molar-refractivity contribution < 1.29 is 19.0 Å². The van der Waals surface area contributed by atoms with Crippen molar-refractivity contribution in [1.29, 1.82) is 0 Å². The summed E-state index contributed by atoms with van der Waals surface area (Å²) in [6.07, 6.45) is 0.429. The van der Waals surface area contributed by atoms with Crippen LogP contribution < -0.4 is 4.74 Å². The Kier molecular flexibility index (Phi) is 2.99. The minimum Gasteiger partial charge on any atom is -0.496 e. The Morgan fingerprint density at radius 2 is 2.13 bits per heavy atom. The Labute approximate surface area is 87.8 Å². The molecule has 1 heterocycles. The van der Waals surface area contributed by atoms with Gasteiger partial charge in [0.2, 0.25) is 0 Å². The molecule has 2 rings (SSSR count). The van der Waals surface area contributed by atoms with E-state index in [2.05, 4.69) is 0 Å². The number of carbonyl (C=O) groups excluding carboxylic acids is 1. The number of aldehydes is 1. The van der Waals surface area contributed by atoms with Crippen LogP contribution in [0.3, 0.4) is 0 Å². The quantitative estimate of drug-likeness (QED) is 0.707. The van der Waals surface area contributed by atoms with E-state index < -0.39 is 0 Å². The minimum absolute atomic E-state index is 0.334. The highest BCUT2D eigenvalue weighted by atomic mass is 16.7. The van der Waals surface area contributed by atoms with Gasteiger partial charge in [0.1, 0.15) is 5.75 Å². The van der Waals surface area contributed by atoms with Gasteiger partial charge in [0.15, 0.2) is 12.6 Å². The van der Waals surface area contributed by atoms with E-state index in [1.807, 2.05) is 6.07 Å². The standard InChI is InChI=1S/C11H12O4/c1-13-10-6-8(2-3-9(10)7-12)11-14-4-5-15-11/h2-3,6-7,11H,4-5H2,1H3. The molecule has 0 bridgehead atoms. The smallest absolute Gasteiger partial charge is 0.184 e. The van der Waals surface area contributed by atoms with Gasteiger partial charge in [-0.15, -0.1) is 0 Å². The highest BCUT2D eigenvalue weighted by Crippen LogP contribution is 2.27. The summed E-state index contributed by atoms with van der Waals surface area (Å²) >= 11 is 0. The van der Waals surface area contributed by atoms with Gasteiger partial charge >= 0.3 is 0 Å². The van der Waals surface area contributed by atoms with Crippen LogP contribution in [-0.4, -0.2) is 26.6 Å². The van der Waals surface area contributed by atoms with Crippen LogP contribution in [0.25, 0.3) is 0 Å². The first-order chi connectivity index (χ1) is 7.35. The molecule has 1 aromatic carbocycles. The van der Waals surface area contributed by atoms with Crippen LogP contribution in [0.2, 0.25) is 0 Å². The van der Waals surface area contributed by atoms with Crippen molar-refractivity contribution in [3.63, 3.8) is 0 Å². The second-order valence-electron chi connectivity index (χ2n) is 3.19. The summed E-state index contributed by atoms with van der Waals surface area (Å²) in [6, 6.07) is 5.27. The number of benzene rings is 1. The fourth-order valence-electron chi connectivity index (χ4n) is 1.52. The van der Waals surface area contributed by atoms with Crippen molar-refractivity contribution in [2.24, 2.45) is 0 Å². The summed E-state index contributed by atoms with van der Waals surface area (Å²) in [5.74, 6) is 0.543. The molecule has 0 amide bonds. The lowest BCUT2D eigenvalue weighted by Gasteiger charge is -2.11. The van der Waals surface area contributed by atoms with Gasteiger partial charge in [-0.1, -0.05) is 6.07 Å². The number of hydrogen-bond acceptors (Lipinski definition) is 4. The SMILES string of the molecule is COc1cc(C2OCCO2)ccc1C=O. The normalized spacial score (nSPS) is 16.6. The molecule has 1 aliphatic heterocycles. The topological polar surface area (TPSA) is 44.8 Å². The zero-order chi connectivity index (χ0) is 10.7. The molecule has 1 saturated heterocycles. The Balaban J connectivity index is 2.29. The summed E-state index contributed by atoms with van der Waals surface area (Å²) in [5.41, 5.74) is 1.40.